The average molecular weight is 498 g/mol. The van der Waals surface area contributed by atoms with Crippen LogP contribution in [0.4, 0.5) is 13.2 Å². The van der Waals surface area contributed by atoms with Gasteiger partial charge in [0.2, 0.25) is 5.52 Å². The van der Waals surface area contributed by atoms with E-state index < -0.39 is 6.36 Å². The number of alkyl halides is 3. The number of nitrogens with zero attached hydrogens (tertiary/aromatic N) is 2. The van der Waals surface area contributed by atoms with Gasteiger partial charge in [-0.25, -0.2) is 4.57 Å². The Morgan fingerprint density at radius 2 is 1.59 bits per heavy atom. The van der Waals surface area contributed by atoms with Crippen LogP contribution in [0.5, 0.6) is 5.75 Å². The lowest BCUT2D eigenvalue weighted by atomic mass is 9.97. The molecule has 0 aliphatic heterocycles. The third-order valence-electron chi connectivity index (χ3n) is 6.90. The van der Waals surface area contributed by atoms with Crippen molar-refractivity contribution in [3.05, 3.63) is 108 Å². The van der Waals surface area contributed by atoms with Gasteiger partial charge in [-0.15, -0.1) is 13.2 Å². The van der Waals surface area contributed by atoms with E-state index in [2.05, 4.69) is 94.7 Å². The van der Waals surface area contributed by atoms with Crippen molar-refractivity contribution >= 4 is 32.6 Å². The number of hydrogen-bond acceptors (Lipinski definition) is 1. The molecule has 0 fully saturated rings. The Labute approximate surface area is 212 Å². The highest BCUT2D eigenvalue weighted by Gasteiger charge is 2.30. The van der Waals surface area contributed by atoms with E-state index in [4.69, 9.17) is 0 Å². The van der Waals surface area contributed by atoms with Crippen molar-refractivity contribution in [2.24, 2.45) is 7.05 Å². The molecular formula is C31H24F3N2O+. The lowest BCUT2D eigenvalue weighted by Gasteiger charge is -2.11. The van der Waals surface area contributed by atoms with Crippen molar-refractivity contribution in [1.82, 2.24) is 4.57 Å². The number of aromatic nitrogens is 2. The van der Waals surface area contributed by atoms with Crippen LogP contribution in [0.15, 0.2) is 97.3 Å². The number of halogens is 3. The molecule has 0 saturated heterocycles. The highest BCUT2D eigenvalue weighted by Crippen LogP contribution is 2.32. The van der Waals surface area contributed by atoms with E-state index in [1.807, 2.05) is 6.20 Å². The maximum Gasteiger partial charge on any atom is 0.573 e. The first kappa shape index (κ1) is 23.1. The van der Waals surface area contributed by atoms with Gasteiger partial charge in [0.25, 0.3) is 0 Å². The van der Waals surface area contributed by atoms with Crippen molar-refractivity contribution in [1.29, 1.82) is 0 Å². The zero-order valence-corrected chi connectivity index (χ0v) is 20.4. The lowest BCUT2D eigenvalue weighted by molar-refractivity contribution is -0.643. The minimum Gasteiger partial charge on any atom is -0.406 e. The van der Waals surface area contributed by atoms with Crippen LogP contribution in [0.2, 0.25) is 0 Å². The largest absolute Gasteiger partial charge is 0.573 e. The van der Waals surface area contributed by atoms with E-state index in [1.165, 1.54) is 39.4 Å². The van der Waals surface area contributed by atoms with Gasteiger partial charge in [-0.1, -0.05) is 36.4 Å². The quantitative estimate of drug-likeness (QED) is 0.180. The summed E-state index contributed by atoms with van der Waals surface area (Å²) in [5.41, 5.74) is 6.61. The maximum atomic E-state index is 12.5. The topological polar surface area (TPSA) is 18.0 Å². The summed E-state index contributed by atoms with van der Waals surface area (Å²) >= 11 is 0. The van der Waals surface area contributed by atoms with Gasteiger partial charge in [-0.2, -0.15) is 0 Å². The van der Waals surface area contributed by atoms with Crippen molar-refractivity contribution in [3.63, 3.8) is 0 Å². The Morgan fingerprint density at radius 1 is 0.838 bits per heavy atom. The fourth-order valence-electron chi connectivity index (χ4n) is 5.16. The van der Waals surface area contributed by atoms with Crippen LogP contribution >= 0.6 is 0 Å². The van der Waals surface area contributed by atoms with E-state index >= 15 is 0 Å². The Kier molecular flexibility index (Phi) is 5.41. The van der Waals surface area contributed by atoms with Gasteiger partial charge >= 0.3 is 6.36 Å². The Hall–Kier alpha value is -4.32. The number of aryl methyl sites for hydroxylation is 2. The molecule has 6 heteroatoms. The van der Waals surface area contributed by atoms with Crippen molar-refractivity contribution in [3.8, 4) is 16.9 Å². The molecule has 0 saturated carbocycles. The third kappa shape index (κ3) is 4.40. The fraction of sp³-hybridized carbons (Fsp3) is 0.129. The summed E-state index contributed by atoms with van der Waals surface area (Å²) in [6.07, 6.45) is -0.517. The van der Waals surface area contributed by atoms with E-state index in [9.17, 15) is 13.2 Å². The standard InChI is InChI=1S/C31H24F3N2O/c1-20-4-3-5-25-19-35(2)28-13-10-23(16-27(28)30(20)25)24-9-8-22-14-15-36(29(22)17-24)18-21-6-11-26(12-7-21)37-31(32,33)34/h3-17,19H,18H2,1-2H3/q+1. The maximum absolute atomic E-state index is 12.5. The first-order valence-electron chi connectivity index (χ1n) is 12.0. The van der Waals surface area contributed by atoms with Crippen molar-refractivity contribution in [2.75, 3.05) is 0 Å². The number of rotatable bonds is 4. The number of fused-ring (bicyclic) bond motifs is 4. The summed E-state index contributed by atoms with van der Waals surface area (Å²) < 4.78 is 45.7. The normalized spacial score (nSPS) is 12.0. The average Bonchev–Trinajstić information content (AvgIpc) is 3.26. The molecule has 0 N–H and O–H groups in total. The molecule has 2 heterocycles. The molecule has 3 nitrogen and oxygen atoms in total. The van der Waals surface area contributed by atoms with E-state index in [-0.39, 0.29) is 5.75 Å². The van der Waals surface area contributed by atoms with Crippen LogP contribution in [-0.4, -0.2) is 10.9 Å². The monoisotopic (exact) mass is 497 g/mol. The number of hydrogen-bond donors (Lipinski definition) is 0. The number of benzene rings is 4. The van der Waals surface area contributed by atoms with Crippen LogP contribution in [0.1, 0.15) is 11.1 Å². The summed E-state index contributed by atoms with van der Waals surface area (Å²) in [6, 6.07) is 27.5. The van der Waals surface area contributed by atoms with Crippen LogP contribution < -0.4 is 9.30 Å². The molecule has 6 rings (SSSR count). The molecule has 184 valence electrons. The highest BCUT2D eigenvalue weighted by molar-refractivity contribution is 6.07. The Morgan fingerprint density at radius 3 is 2.38 bits per heavy atom. The summed E-state index contributed by atoms with van der Waals surface area (Å²) in [4.78, 5) is 0. The predicted octanol–water partition coefficient (Wildman–Crippen LogP) is 7.69. The Balaban J connectivity index is 1.38. The summed E-state index contributed by atoms with van der Waals surface area (Å²) in [6.45, 7) is 2.69. The molecule has 2 aromatic heterocycles. The fourth-order valence-corrected chi connectivity index (χ4v) is 5.16. The minimum atomic E-state index is -4.69. The molecule has 6 aromatic rings. The molecule has 0 spiro atoms. The first-order chi connectivity index (χ1) is 17.7. The van der Waals surface area contributed by atoms with Gasteiger partial charge in [0.15, 0.2) is 6.20 Å². The predicted molar refractivity (Wildman–Crippen MR) is 141 cm³/mol. The van der Waals surface area contributed by atoms with E-state index in [0.29, 0.717) is 6.54 Å². The van der Waals surface area contributed by atoms with Crippen molar-refractivity contribution < 1.29 is 22.5 Å². The zero-order valence-electron chi connectivity index (χ0n) is 20.4. The summed E-state index contributed by atoms with van der Waals surface area (Å²) in [5, 5.41) is 4.80. The molecular weight excluding hydrogens is 473 g/mol. The molecule has 0 bridgehead atoms. The second kappa shape index (κ2) is 8.66. The summed E-state index contributed by atoms with van der Waals surface area (Å²) in [7, 11) is 2.07. The Bertz CT molecular complexity index is 1780. The molecule has 0 amide bonds. The van der Waals surface area contributed by atoms with Crippen LogP contribution in [0.25, 0.3) is 43.7 Å². The molecule has 37 heavy (non-hydrogen) atoms. The van der Waals surface area contributed by atoms with Gasteiger partial charge in [-0.05, 0) is 77.0 Å². The lowest BCUT2D eigenvalue weighted by Crippen LogP contribution is -2.28. The van der Waals surface area contributed by atoms with Crippen LogP contribution in [-0.2, 0) is 13.6 Å². The van der Waals surface area contributed by atoms with Crippen molar-refractivity contribution in [2.45, 2.75) is 19.8 Å². The van der Waals surface area contributed by atoms with Gasteiger partial charge in [0.1, 0.15) is 12.8 Å². The van der Waals surface area contributed by atoms with Gasteiger partial charge < -0.3 is 9.30 Å². The smallest absolute Gasteiger partial charge is 0.406 e. The molecule has 0 radical (unpaired) electrons. The first-order valence-corrected chi connectivity index (χ1v) is 12.0. The second-order valence-corrected chi connectivity index (χ2v) is 9.42. The van der Waals surface area contributed by atoms with E-state index in [1.54, 1.807) is 12.1 Å². The van der Waals surface area contributed by atoms with Crippen LogP contribution in [0.3, 0.4) is 0 Å². The zero-order chi connectivity index (χ0) is 25.7. The third-order valence-corrected chi connectivity index (χ3v) is 6.90. The van der Waals surface area contributed by atoms with E-state index in [0.717, 1.165) is 27.6 Å². The van der Waals surface area contributed by atoms with Gasteiger partial charge in [0, 0.05) is 35.1 Å². The SMILES string of the molecule is Cc1cccc2c[n+](C)c3ccc(-c4ccc5ccn(Cc6ccc(OC(F)(F)F)cc6)c5c4)cc3c12. The highest BCUT2D eigenvalue weighted by atomic mass is 19.4. The minimum absolute atomic E-state index is 0.219. The molecule has 0 atom stereocenters. The molecule has 0 aliphatic carbocycles. The number of pyridine rings is 1. The van der Waals surface area contributed by atoms with Gasteiger partial charge in [-0.3, -0.25) is 0 Å². The van der Waals surface area contributed by atoms with Crippen LogP contribution in [0, 0.1) is 6.92 Å². The summed E-state index contributed by atoms with van der Waals surface area (Å²) in [5.74, 6) is -0.219. The van der Waals surface area contributed by atoms with Gasteiger partial charge in [0.05, 0.1) is 5.39 Å². The number of ether oxygens (including phenoxy) is 1. The second-order valence-electron chi connectivity index (χ2n) is 9.42. The molecule has 0 aliphatic rings. The molecule has 4 aromatic carbocycles. The molecule has 0 unspecified atom stereocenters.